The van der Waals surface area contributed by atoms with Gasteiger partial charge in [0.2, 0.25) is 5.91 Å². The summed E-state index contributed by atoms with van der Waals surface area (Å²) in [6, 6.07) is 5.48. The molecular weight excluding hydrogens is 414 g/mol. The second-order valence-corrected chi connectivity index (χ2v) is 9.40. The molecule has 0 bridgehead atoms. The number of hydrogen-bond acceptors (Lipinski definition) is 5. The maximum atomic E-state index is 12.9. The van der Waals surface area contributed by atoms with Crippen molar-refractivity contribution in [3.8, 4) is 5.69 Å². The minimum absolute atomic E-state index is 0.0307. The van der Waals surface area contributed by atoms with Gasteiger partial charge in [-0.1, -0.05) is 30.8 Å². The number of imidazole rings is 1. The third-order valence-electron chi connectivity index (χ3n) is 6.30. The lowest BCUT2D eigenvalue weighted by Gasteiger charge is -2.33. The Morgan fingerprint density at radius 1 is 1.29 bits per heavy atom. The van der Waals surface area contributed by atoms with Crippen molar-refractivity contribution in [1.82, 2.24) is 25.3 Å². The first kappa shape index (κ1) is 21.4. The van der Waals surface area contributed by atoms with Crippen LogP contribution in [-0.4, -0.2) is 43.7 Å². The third kappa shape index (κ3) is 4.06. The van der Waals surface area contributed by atoms with Gasteiger partial charge in [0, 0.05) is 12.4 Å². The molecule has 9 heteroatoms. The zero-order valence-electron chi connectivity index (χ0n) is 18.0. The highest BCUT2D eigenvalue weighted by atomic mass is 32.2. The van der Waals surface area contributed by atoms with Gasteiger partial charge in [0.1, 0.15) is 5.54 Å². The summed E-state index contributed by atoms with van der Waals surface area (Å²) in [5.41, 5.74) is 4.92. The van der Waals surface area contributed by atoms with Gasteiger partial charge in [-0.3, -0.25) is 19.6 Å². The minimum atomic E-state index is -0.872. The summed E-state index contributed by atoms with van der Waals surface area (Å²) in [6.45, 7) is 6.24. The zero-order valence-corrected chi connectivity index (χ0v) is 18.8. The van der Waals surface area contributed by atoms with Crippen molar-refractivity contribution < 1.29 is 14.4 Å². The van der Waals surface area contributed by atoms with Crippen LogP contribution >= 0.6 is 11.8 Å². The van der Waals surface area contributed by atoms with Crippen LogP contribution in [0.1, 0.15) is 43.7 Å². The minimum Gasteiger partial charge on any atom is -0.322 e. The fraction of sp³-hybridized carbons (Fsp3) is 0.455. The molecule has 1 saturated carbocycles. The van der Waals surface area contributed by atoms with Gasteiger partial charge in [0.25, 0.3) is 5.91 Å². The number of rotatable bonds is 5. The van der Waals surface area contributed by atoms with Crippen LogP contribution in [0.15, 0.2) is 35.7 Å². The molecule has 0 atom stereocenters. The van der Waals surface area contributed by atoms with Gasteiger partial charge in [-0.25, -0.2) is 9.78 Å². The van der Waals surface area contributed by atoms with Crippen LogP contribution in [0.2, 0.25) is 0 Å². The smallest absolute Gasteiger partial charge is 0.322 e. The van der Waals surface area contributed by atoms with Crippen molar-refractivity contribution in [2.24, 2.45) is 5.92 Å². The monoisotopic (exact) mass is 441 g/mol. The molecule has 1 aromatic carbocycles. The molecule has 0 radical (unpaired) electrons. The average molecular weight is 442 g/mol. The molecule has 1 aromatic heterocycles. The number of carbonyl (C=O) groups excluding carboxylic acids is 3. The molecule has 4 amide bonds. The Hall–Kier alpha value is -2.81. The number of carbonyl (C=O) groups is 3. The summed E-state index contributed by atoms with van der Waals surface area (Å²) >= 11 is 1.25. The molecule has 1 aliphatic carbocycles. The van der Waals surface area contributed by atoms with Gasteiger partial charge in [0.15, 0.2) is 5.16 Å². The Bertz CT molecular complexity index is 1030. The predicted molar refractivity (Wildman–Crippen MR) is 118 cm³/mol. The van der Waals surface area contributed by atoms with E-state index < -0.39 is 17.5 Å². The number of aryl methyl sites for hydroxylation is 1. The summed E-state index contributed by atoms with van der Waals surface area (Å²) < 4.78 is 1.94. The fourth-order valence-electron chi connectivity index (χ4n) is 4.18. The first-order chi connectivity index (χ1) is 14.8. The Balaban J connectivity index is 1.40. The summed E-state index contributed by atoms with van der Waals surface area (Å²) in [6.07, 6.45) is 6.51. The van der Waals surface area contributed by atoms with E-state index >= 15 is 0 Å². The summed E-state index contributed by atoms with van der Waals surface area (Å²) in [5, 5.41) is 4.32. The highest BCUT2D eigenvalue weighted by Gasteiger charge is 2.52. The van der Waals surface area contributed by atoms with Crippen LogP contribution < -0.4 is 10.7 Å². The highest BCUT2D eigenvalue weighted by molar-refractivity contribution is 7.99. The summed E-state index contributed by atoms with van der Waals surface area (Å²) in [5.74, 6) is -0.218. The normalized spacial score (nSPS) is 23.3. The van der Waals surface area contributed by atoms with E-state index in [1.807, 2.05) is 42.8 Å². The molecule has 2 aliphatic rings. The first-order valence-corrected chi connectivity index (χ1v) is 11.5. The molecule has 2 fully saturated rings. The SMILES string of the molecule is Cc1cccc(-n2ccnc2SCC(=O)NN2C(=O)NC3(CCC(C)CC3)C2=O)c1C. The molecule has 2 aromatic rings. The van der Waals surface area contributed by atoms with Crippen molar-refractivity contribution >= 4 is 29.6 Å². The maximum Gasteiger partial charge on any atom is 0.344 e. The van der Waals surface area contributed by atoms with Gasteiger partial charge in [-0.15, -0.1) is 0 Å². The van der Waals surface area contributed by atoms with E-state index in [0.29, 0.717) is 23.9 Å². The van der Waals surface area contributed by atoms with Gasteiger partial charge < -0.3 is 5.32 Å². The predicted octanol–water partition coefficient (Wildman–Crippen LogP) is 3.11. The Morgan fingerprint density at radius 3 is 2.77 bits per heavy atom. The molecule has 0 unspecified atom stereocenters. The molecule has 8 nitrogen and oxygen atoms in total. The van der Waals surface area contributed by atoms with E-state index in [1.165, 1.54) is 17.3 Å². The molecular formula is C22H27N5O3S. The van der Waals surface area contributed by atoms with Crippen LogP contribution in [-0.2, 0) is 9.59 Å². The van der Waals surface area contributed by atoms with Gasteiger partial charge in [0.05, 0.1) is 11.4 Å². The van der Waals surface area contributed by atoms with Crippen LogP contribution in [0.3, 0.4) is 0 Å². The topological polar surface area (TPSA) is 96.3 Å². The number of thioether (sulfide) groups is 1. The average Bonchev–Trinajstić information content (AvgIpc) is 3.29. The zero-order chi connectivity index (χ0) is 22.2. The van der Waals surface area contributed by atoms with Crippen LogP contribution in [0.25, 0.3) is 5.69 Å². The molecule has 4 rings (SSSR count). The van der Waals surface area contributed by atoms with Gasteiger partial charge in [-0.2, -0.15) is 5.01 Å². The van der Waals surface area contributed by atoms with Crippen molar-refractivity contribution in [3.63, 3.8) is 0 Å². The number of hydrogen-bond donors (Lipinski definition) is 2. The second kappa shape index (κ2) is 8.37. The van der Waals surface area contributed by atoms with Gasteiger partial charge >= 0.3 is 6.03 Å². The number of amides is 4. The molecule has 1 saturated heterocycles. The fourth-order valence-corrected chi connectivity index (χ4v) is 4.94. The second-order valence-electron chi connectivity index (χ2n) is 8.46. The molecule has 2 N–H and O–H groups in total. The molecule has 164 valence electrons. The van der Waals surface area contributed by atoms with Crippen LogP contribution in [0, 0.1) is 19.8 Å². The standard InChI is InChI=1S/C22H27N5O3S/c1-14-7-9-22(10-8-14)19(29)27(20(30)24-22)25-18(28)13-31-21-23-11-12-26(21)17-6-4-5-15(2)16(17)3/h4-6,11-12,14H,7-10,13H2,1-3H3,(H,24,30)(H,25,28). The number of hydrazine groups is 1. The Morgan fingerprint density at radius 2 is 2.03 bits per heavy atom. The molecule has 31 heavy (non-hydrogen) atoms. The molecule has 1 spiro atoms. The Kier molecular flexibility index (Phi) is 5.79. The van der Waals surface area contributed by atoms with E-state index in [-0.39, 0.29) is 11.7 Å². The number of nitrogens with zero attached hydrogens (tertiary/aromatic N) is 3. The number of imide groups is 1. The Labute approximate surface area is 185 Å². The van der Waals surface area contributed by atoms with Crippen LogP contribution in [0.4, 0.5) is 4.79 Å². The van der Waals surface area contributed by atoms with E-state index in [4.69, 9.17) is 0 Å². The first-order valence-electron chi connectivity index (χ1n) is 10.5. The van der Waals surface area contributed by atoms with Crippen LogP contribution in [0.5, 0.6) is 0 Å². The highest BCUT2D eigenvalue weighted by Crippen LogP contribution is 2.35. The lowest BCUT2D eigenvalue weighted by molar-refractivity contribution is -0.139. The molecule has 1 aliphatic heterocycles. The summed E-state index contributed by atoms with van der Waals surface area (Å²) in [4.78, 5) is 42.1. The lowest BCUT2D eigenvalue weighted by atomic mass is 9.77. The maximum absolute atomic E-state index is 12.9. The van der Waals surface area contributed by atoms with Crippen molar-refractivity contribution in [1.29, 1.82) is 0 Å². The van der Waals surface area contributed by atoms with Crippen molar-refractivity contribution in [3.05, 3.63) is 41.7 Å². The van der Waals surface area contributed by atoms with Crippen molar-refractivity contribution in [2.45, 2.75) is 57.1 Å². The quantitative estimate of drug-likeness (QED) is 0.549. The van der Waals surface area contributed by atoms with Crippen molar-refractivity contribution in [2.75, 3.05) is 5.75 Å². The number of urea groups is 1. The van der Waals surface area contributed by atoms with Gasteiger partial charge in [-0.05, 0) is 62.6 Å². The third-order valence-corrected chi connectivity index (χ3v) is 7.27. The lowest BCUT2D eigenvalue weighted by Crippen LogP contribution is -2.51. The summed E-state index contributed by atoms with van der Waals surface area (Å²) in [7, 11) is 0. The number of benzene rings is 1. The van der Waals surface area contributed by atoms with E-state index in [0.717, 1.165) is 29.1 Å². The molecule has 2 heterocycles. The van der Waals surface area contributed by atoms with E-state index in [1.54, 1.807) is 6.20 Å². The van der Waals surface area contributed by atoms with E-state index in [2.05, 4.69) is 22.7 Å². The number of nitrogens with one attached hydrogen (secondary N) is 2. The largest absolute Gasteiger partial charge is 0.344 e. The number of aromatic nitrogens is 2. The van der Waals surface area contributed by atoms with E-state index in [9.17, 15) is 14.4 Å².